The van der Waals surface area contributed by atoms with E-state index in [1.165, 1.54) is 24.4 Å². The molecule has 1 aliphatic carbocycles. The van der Waals surface area contributed by atoms with Crippen LogP contribution >= 0.6 is 0 Å². The first-order valence-corrected chi connectivity index (χ1v) is 9.90. The lowest BCUT2D eigenvalue weighted by Gasteiger charge is -2.15. The summed E-state index contributed by atoms with van der Waals surface area (Å²) in [6.07, 6.45) is 6.12. The Balaban J connectivity index is 1.21. The van der Waals surface area contributed by atoms with Crippen molar-refractivity contribution in [1.82, 2.24) is 19.9 Å². The van der Waals surface area contributed by atoms with Gasteiger partial charge < -0.3 is 15.6 Å². The zero-order valence-corrected chi connectivity index (χ0v) is 16.1. The third kappa shape index (κ3) is 3.68. The summed E-state index contributed by atoms with van der Waals surface area (Å²) >= 11 is 0. The Morgan fingerprint density at radius 1 is 0.900 bits per heavy atom. The van der Waals surface area contributed by atoms with Crippen LogP contribution in [0.4, 0.5) is 20.5 Å². The lowest BCUT2D eigenvalue weighted by molar-refractivity contribution is 0.589. The van der Waals surface area contributed by atoms with Gasteiger partial charge in [0.25, 0.3) is 0 Å². The lowest BCUT2D eigenvalue weighted by Crippen LogP contribution is -2.21. The van der Waals surface area contributed by atoms with Crippen molar-refractivity contribution in [3.63, 3.8) is 0 Å². The number of benzene rings is 1. The van der Waals surface area contributed by atoms with Crippen LogP contribution in [0.2, 0.25) is 0 Å². The van der Waals surface area contributed by atoms with Crippen molar-refractivity contribution < 1.29 is 8.78 Å². The number of hydrogen-bond donors (Lipinski definition) is 3. The number of imidazole rings is 1. The van der Waals surface area contributed by atoms with Crippen LogP contribution in [0.5, 0.6) is 0 Å². The van der Waals surface area contributed by atoms with E-state index in [1.807, 2.05) is 12.1 Å². The third-order valence-corrected chi connectivity index (χ3v) is 5.40. The smallest absolute Gasteiger partial charge is 0.202 e. The summed E-state index contributed by atoms with van der Waals surface area (Å²) in [7, 11) is 0. The van der Waals surface area contributed by atoms with Crippen molar-refractivity contribution in [3.8, 4) is 11.1 Å². The fraction of sp³-hybridized carbons (Fsp3) is 0.227. The van der Waals surface area contributed by atoms with Crippen LogP contribution in [-0.2, 0) is 0 Å². The summed E-state index contributed by atoms with van der Waals surface area (Å²) < 4.78 is 27.9. The Morgan fingerprint density at radius 3 is 2.43 bits per heavy atom. The van der Waals surface area contributed by atoms with E-state index in [1.54, 1.807) is 18.3 Å². The van der Waals surface area contributed by atoms with Crippen molar-refractivity contribution in [2.45, 2.75) is 31.3 Å². The van der Waals surface area contributed by atoms with E-state index < -0.39 is 11.6 Å². The molecule has 5 rings (SSSR count). The first kappa shape index (κ1) is 18.5. The standard InChI is InChI=1S/C22H20F2N6/c23-16-3-1-4-17(24)20(16)13-6-9-19(26-12-13)27-14-7-8-15(11-14)28-22-29-18-5-2-10-25-21(18)30-22/h1-6,9-10,12,14-15H,7-8,11H2,(H,26,27)(H2,25,28,29,30). The van der Waals surface area contributed by atoms with Crippen molar-refractivity contribution in [2.24, 2.45) is 0 Å². The SMILES string of the molecule is Fc1cccc(F)c1-c1ccc(NC2CCC(Nc3nc4ncccc4[nH]3)C2)nc1. The van der Waals surface area contributed by atoms with Gasteiger partial charge >= 0.3 is 0 Å². The lowest BCUT2D eigenvalue weighted by atomic mass is 10.1. The Hall–Kier alpha value is -3.55. The van der Waals surface area contributed by atoms with Crippen LogP contribution in [0.25, 0.3) is 22.3 Å². The summed E-state index contributed by atoms with van der Waals surface area (Å²) in [5, 5.41) is 6.85. The van der Waals surface area contributed by atoms with E-state index in [0.717, 1.165) is 30.7 Å². The predicted octanol–water partition coefficient (Wildman–Crippen LogP) is 4.74. The molecule has 3 aromatic heterocycles. The molecule has 152 valence electrons. The number of fused-ring (bicyclic) bond motifs is 1. The van der Waals surface area contributed by atoms with Gasteiger partial charge in [0.05, 0.1) is 11.1 Å². The summed E-state index contributed by atoms with van der Waals surface area (Å²) in [4.78, 5) is 16.3. The number of rotatable bonds is 5. The Labute approximate surface area is 171 Å². The molecule has 3 N–H and O–H groups in total. The molecule has 1 fully saturated rings. The van der Waals surface area contributed by atoms with E-state index in [-0.39, 0.29) is 17.6 Å². The predicted molar refractivity (Wildman–Crippen MR) is 112 cm³/mol. The molecule has 2 atom stereocenters. The minimum absolute atomic E-state index is 0.0537. The molecule has 30 heavy (non-hydrogen) atoms. The monoisotopic (exact) mass is 406 g/mol. The summed E-state index contributed by atoms with van der Waals surface area (Å²) in [6.45, 7) is 0. The summed E-state index contributed by atoms with van der Waals surface area (Å²) in [5.41, 5.74) is 1.97. The average molecular weight is 406 g/mol. The van der Waals surface area contributed by atoms with Gasteiger partial charge in [0.15, 0.2) is 5.65 Å². The number of halogens is 2. The number of pyridine rings is 2. The molecule has 0 bridgehead atoms. The van der Waals surface area contributed by atoms with Gasteiger partial charge in [-0.3, -0.25) is 0 Å². The molecule has 1 saturated carbocycles. The fourth-order valence-corrected chi connectivity index (χ4v) is 3.96. The highest BCUT2D eigenvalue weighted by atomic mass is 19.1. The molecule has 0 spiro atoms. The van der Waals surface area contributed by atoms with Crippen molar-refractivity contribution in [2.75, 3.05) is 10.6 Å². The van der Waals surface area contributed by atoms with Crippen molar-refractivity contribution >= 4 is 22.9 Å². The molecular weight excluding hydrogens is 386 g/mol. The fourth-order valence-electron chi connectivity index (χ4n) is 3.96. The van der Waals surface area contributed by atoms with Crippen molar-refractivity contribution in [3.05, 3.63) is 66.5 Å². The highest BCUT2D eigenvalue weighted by Gasteiger charge is 2.25. The van der Waals surface area contributed by atoms with Crippen LogP contribution in [0, 0.1) is 11.6 Å². The summed E-state index contributed by atoms with van der Waals surface area (Å²) in [5.74, 6) is 0.226. The molecule has 3 heterocycles. The zero-order valence-electron chi connectivity index (χ0n) is 16.1. The second kappa shape index (κ2) is 7.70. The molecule has 1 aliphatic rings. The molecule has 2 unspecified atom stereocenters. The molecule has 0 radical (unpaired) electrons. The van der Waals surface area contributed by atoms with E-state index in [4.69, 9.17) is 0 Å². The number of nitrogens with one attached hydrogen (secondary N) is 3. The number of aromatic nitrogens is 4. The topological polar surface area (TPSA) is 78.5 Å². The molecule has 6 nitrogen and oxygen atoms in total. The highest BCUT2D eigenvalue weighted by Crippen LogP contribution is 2.28. The van der Waals surface area contributed by atoms with Gasteiger partial charge in [-0.1, -0.05) is 6.07 Å². The first-order valence-electron chi connectivity index (χ1n) is 9.90. The van der Waals surface area contributed by atoms with Crippen LogP contribution in [0.3, 0.4) is 0 Å². The number of anilines is 2. The van der Waals surface area contributed by atoms with Gasteiger partial charge in [-0.2, -0.15) is 4.98 Å². The molecular formula is C22H20F2N6. The second-order valence-electron chi connectivity index (χ2n) is 7.48. The van der Waals surface area contributed by atoms with Crippen LogP contribution in [-0.4, -0.2) is 32.0 Å². The molecule has 0 amide bonds. The summed E-state index contributed by atoms with van der Waals surface area (Å²) in [6, 6.07) is 11.6. The van der Waals surface area contributed by atoms with E-state index in [2.05, 4.69) is 30.6 Å². The van der Waals surface area contributed by atoms with Crippen LogP contribution in [0.1, 0.15) is 19.3 Å². The zero-order chi connectivity index (χ0) is 20.5. The maximum Gasteiger partial charge on any atom is 0.202 e. The van der Waals surface area contributed by atoms with Gasteiger partial charge in [-0.25, -0.2) is 18.7 Å². The van der Waals surface area contributed by atoms with Crippen LogP contribution in [0.15, 0.2) is 54.9 Å². The Morgan fingerprint density at radius 2 is 1.70 bits per heavy atom. The van der Waals surface area contributed by atoms with Gasteiger partial charge in [0.1, 0.15) is 17.5 Å². The number of nitrogens with zero attached hydrogens (tertiary/aromatic N) is 3. The first-order chi connectivity index (χ1) is 14.7. The second-order valence-corrected chi connectivity index (χ2v) is 7.48. The van der Waals surface area contributed by atoms with E-state index >= 15 is 0 Å². The quantitative estimate of drug-likeness (QED) is 0.446. The highest BCUT2D eigenvalue weighted by molar-refractivity contribution is 5.72. The maximum absolute atomic E-state index is 14.0. The minimum atomic E-state index is -0.594. The number of hydrogen-bond acceptors (Lipinski definition) is 5. The minimum Gasteiger partial charge on any atom is -0.367 e. The number of H-pyrrole nitrogens is 1. The van der Waals surface area contributed by atoms with E-state index in [9.17, 15) is 8.78 Å². The largest absolute Gasteiger partial charge is 0.367 e. The molecule has 4 aromatic rings. The Kier molecular flexibility index (Phi) is 4.74. The van der Waals surface area contributed by atoms with Gasteiger partial charge in [0, 0.05) is 30.0 Å². The van der Waals surface area contributed by atoms with Gasteiger partial charge in [0.2, 0.25) is 5.95 Å². The van der Waals surface area contributed by atoms with Gasteiger partial charge in [-0.15, -0.1) is 0 Å². The maximum atomic E-state index is 14.0. The van der Waals surface area contributed by atoms with E-state index in [0.29, 0.717) is 17.0 Å². The van der Waals surface area contributed by atoms with Gasteiger partial charge in [-0.05, 0) is 55.7 Å². The molecule has 0 saturated heterocycles. The Bertz CT molecular complexity index is 1120. The molecule has 8 heteroatoms. The molecule has 1 aromatic carbocycles. The van der Waals surface area contributed by atoms with Crippen LogP contribution < -0.4 is 10.6 Å². The third-order valence-electron chi connectivity index (χ3n) is 5.40. The van der Waals surface area contributed by atoms with Crippen molar-refractivity contribution in [1.29, 1.82) is 0 Å². The average Bonchev–Trinajstić information content (AvgIpc) is 3.35. The number of aromatic amines is 1. The molecule has 0 aliphatic heterocycles. The normalized spacial score (nSPS) is 18.6.